The van der Waals surface area contributed by atoms with Crippen LogP contribution in [0.15, 0.2) is 35.2 Å². The van der Waals surface area contributed by atoms with E-state index >= 15 is 0 Å². The highest BCUT2D eigenvalue weighted by Gasteiger charge is 2.12. The monoisotopic (exact) mass is 287 g/mol. The molecule has 5 heteroatoms. The van der Waals surface area contributed by atoms with Crippen molar-refractivity contribution in [2.45, 2.75) is 24.8 Å². The van der Waals surface area contributed by atoms with Crippen LogP contribution in [0.1, 0.15) is 13.8 Å². The molecule has 1 atom stereocenters. The molecule has 1 aromatic carbocycles. The maximum atomic E-state index is 11.4. The van der Waals surface area contributed by atoms with E-state index in [0.29, 0.717) is 0 Å². The maximum absolute atomic E-state index is 11.4. The van der Waals surface area contributed by atoms with E-state index in [1.807, 2.05) is 25.1 Å². The van der Waals surface area contributed by atoms with Gasteiger partial charge < -0.3 is 5.32 Å². The number of thioether (sulfide) groups is 1. The van der Waals surface area contributed by atoms with Gasteiger partial charge in [0.1, 0.15) is 0 Å². The van der Waals surface area contributed by atoms with Gasteiger partial charge in [-0.3, -0.25) is 0 Å². The van der Waals surface area contributed by atoms with Gasteiger partial charge in [0.05, 0.1) is 5.75 Å². The minimum atomic E-state index is -2.88. The van der Waals surface area contributed by atoms with Crippen LogP contribution < -0.4 is 5.32 Å². The van der Waals surface area contributed by atoms with Crippen LogP contribution in [-0.2, 0) is 9.84 Å². The highest BCUT2D eigenvalue weighted by Crippen LogP contribution is 2.15. The number of hydrogen-bond acceptors (Lipinski definition) is 4. The van der Waals surface area contributed by atoms with Crippen molar-refractivity contribution >= 4 is 21.6 Å². The molecule has 3 nitrogen and oxygen atoms in total. The molecule has 0 spiro atoms. The molecule has 0 aromatic heterocycles. The van der Waals surface area contributed by atoms with Crippen LogP contribution in [0.2, 0.25) is 0 Å². The third kappa shape index (κ3) is 6.42. The van der Waals surface area contributed by atoms with E-state index in [1.54, 1.807) is 18.7 Å². The Morgan fingerprint density at radius 1 is 1.28 bits per heavy atom. The molecule has 0 fully saturated rings. The fourth-order valence-corrected chi connectivity index (χ4v) is 3.47. The van der Waals surface area contributed by atoms with Crippen LogP contribution in [0.25, 0.3) is 0 Å². The Morgan fingerprint density at radius 2 is 1.94 bits per heavy atom. The van der Waals surface area contributed by atoms with E-state index in [9.17, 15) is 8.42 Å². The Labute approximate surface area is 114 Å². The van der Waals surface area contributed by atoms with Crippen molar-refractivity contribution in [1.82, 2.24) is 5.32 Å². The molecule has 0 saturated carbocycles. The molecule has 0 bridgehead atoms. The average molecular weight is 287 g/mol. The van der Waals surface area contributed by atoms with Gasteiger partial charge in [-0.1, -0.05) is 25.1 Å². The van der Waals surface area contributed by atoms with Crippen molar-refractivity contribution in [3.8, 4) is 0 Å². The first kappa shape index (κ1) is 15.5. The number of rotatable bonds is 8. The normalized spacial score (nSPS) is 13.4. The number of sulfone groups is 1. The van der Waals surface area contributed by atoms with Gasteiger partial charge in [0.2, 0.25) is 0 Å². The molecule has 0 radical (unpaired) electrons. The number of benzene rings is 1. The molecule has 0 heterocycles. The molecule has 1 aromatic rings. The summed E-state index contributed by atoms with van der Waals surface area (Å²) in [5, 5.41) is 3.24. The Bertz CT molecular complexity index is 432. The zero-order valence-corrected chi connectivity index (χ0v) is 12.6. The predicted octanol–water partition coefficient (Wildman–Crippen LogP) is 2.19. The predicted molar refractivity (Wildman–Crippen MR) is 79.0 cm³/mol. The fraction of sp³-hybridized carbons (Fsp3) is 0.538. The van der Waals surface area contributed by atoms with Crippen LogP contribution in [0.4, 0.5) is 0 Å². The first-order chi connectivity index (χ1) is 8.53. The number of hydrogen-bond donors (Lipinski definition) is 1. The average Bonchev–Trinajstić information content (AvgIpc) is 2.35. The summed E-state index contributed by atoms with van der Waals surface area (Å²) in [7, 11) is -2.88. The Balaban J connectivity index is 2.18. The zero-order chi connectivity index (χ0) is 13.4. The minimum absolute atomic E-state index is 0.0197. The maximum Gasteiger partial charge on any atom is 0.151 e. The lowest BCUT2D eigenvalue weighted by Gasteiger charge is -2.13. The second kappa shape index (κ2) is 7.81. The molecular weight excluding hydrogens is 266 g/mol. The molecule has 1 unspecified atom stereocenters. The van der Waals surface area contributed by atoms with Crippen LogP contribution in [0, 0.1) is 0 Å². The fourth-order valence-electron chi connectivity index (χ4n) is 1.55. The van der Waals surface area contributed by atoms with Crippen LogP contribution in [0.5, 0.6) is 0 Å². The molecule has 0 aliphatic carbocycles. The van der Waals surface area contributed by atoms with Crippen molar-refractivity contribution in [2.75, 3.05) is 23.8 Å². The van der Waals surface area contributed by atoms with Gasteiger partial charge in [-0.05, 0) is 19.1 Å². The SMILES string of the molecule is CCS(=O)(=O)CC(C)NCCSc1ccccc1. The standard InChI is InChI=1S/C13H21NO2S2/c1-3-18(15,16)11-12(2)14-9-10-17-13-7-5-4-6-8-13/h4-8,12,14H,3,9-11H2,1-2H3. The summed E-state index contributed by atoms with van der Waals surface area (Å²) >= 11 is 1.77. The smallest absolute Gasteiger partial charge is 0.151 e. The lowest BCUT2D eigenvalue weighted by Crippen LogP contribution is -2.34. The number of nitrogens with one attached hydrogen (secondary N) is 1. The quantitative estimate of drug-likeness (QED) is 0.588. The van der Waals surface area contributed by atoms with Crippen molar-refractivity contribution in [3.05, 3.63) is 30.3 Å². The van der Waals surface area contributed by atoms with Crippen LogP contribution in [-0.4, -0.2) is 38.3 Å². The molecular formula is C13H21NO2S2. The van der Waals surface area contributed by atoms with Gasteiger partial charge in [-0.15, -0.1) is 11.8 Å². The molecule has 102 valence electrons. The van der Waals surface area contributed by atoms with Crippen molar-refractivity contribution in [1.29, 1.82) is 0 Å². The van der Waals surface area contributed by atoms with Gasteiger partial charge in [-0.2, -0.15) is 0 Å². The summed E-state index contributed by atoms with van der Waals surface area (Å²) in [6.45, 7) is 4.42. The molecule has 0 saturated heterocycles. The molecule has 1 N–H and O–H groups in total. The van der Waals surface area contributed by atoms with Crippen molar-refractivity contribution < 1.29 is 8.42 Å². The second-order valence-corrected chi connectivity index (χ2v) is 7.78. The summed E-state index contributed by atoms with van der Waals surface area (Å²) < 4.78 is 22.8. The Hall–Kier alpha value is -0.520. The van der Waals surface area contributed by atoms with Gasteiger partial charge in [0.25, 0.3) is 0 Å². The highest BCUT2D eigenvalue weighted by molar-refractivity contribution is 7.99. The van der Waals surface area contributed by atoms with E-state index < -0.39 is 9.84 Å². The van der Waals surface area contributed by atoms with E-state index in [1.165, 1.54) is 4.90 Å². The zero-order valence-electron chi connectivity index (χ0n) is 10.9. The first-order valence-corrected chi connectivity index (χ1v) is 8.96. The summed E-state index contributed by atoms with van der Waals surface area (Å²) in [6.07, 6.45) is 0. The van der Waals surface area contributed by atoms with E-state index in [0.717, 1.165) is 12.3 Å². The topological polar surface area (TPSA) is 46.2 Å². The summed E-state index contributed by atoms with van der Waals surface area (Å²) in [4.78, 5) is 1.24. The van der Waals surface area contributed by atoms with Crippen LogP contribution in [0.3, 0.4) is 0 Å². The summed E-state index contributed by atoms with van der Waals surface area (Å²) in [6, 6.07) is 10.2. The van der Waals surface area contributed by atoms with Crippen molar-refractivity contribution in [2.24, 2.45) is 0 Å². The van der Waals surface area contributed by atoms with Gasteiger partial charge in [0.15, 0.2) is 9.84 Å². The lowest BCUT2D eigenvalue weighted by atomic mass is 10.4. The van der Waals surface area contributed by atoms with Gasteiger partial charge >= 0.3 is 0 Å². The second-order valence-electron chi connectivity index (χ2n) is 4.22. The molecule has 0 aliphatic heterocycles. The molecule has 18 heavy (non-hydrogen) atoms. The minimum Gasteiger partial charge on any atom is -0.312 e. The largest absolute Gasteiger partial charge is 0.312 e. The summed E-state index contributed by atoms with van der Waals surface area (Å²) in [5.74, 6) is 1.39. The van der Waals surface area contributed by atoms with Crippen molar-refractivity contribution in [3.63, 3.8) is 0 Å². The molecule has 0 aliphatic rings. The van der Waals surface area contributed by atoms with E-state index in [-0.39, 0.29) is 17.5 Å². The van der Waals surface area contributed by atoms with Gasteiger partial charge in [-0.25, -0.2) is 8.42 Å². The van der Waals surface area contributed by atoms with E-state index in [4.69, 9.17) is 0 Å². The molecule has 0 amide bonds. The lowest BCUT2D eigenvalue weighted by molar-refractivity contribution is 0.568. The summed E-state index contributed by atoms with van der Waals surface area (Å²) in [5.41, 5.74) is 0. The van der Waals surface area contributed by atoms with Gasteiger partial charge in [0, 0.05) is 29.0 Å². The van der Waals surface area contributed by atoms with Crippen LogP contribution >= 0.6 is 11.8 Å². The van der Waals surface area contributed by atoms with E-state index in [2.05, 4.69) is 17.4 Å². The first-order valence-electron chi connectivity index (χ1n) is 6.15. The Morgan fingerprint density at radius 3 is 2.56 bits per heavy atom. The third-order valence-electron chi connectivity index (χ3n) is 2.55. The highest BCUT2D eigenvalue weighted by atomic mass is 32.2. The third-order valence-corrected chi connectivity index (χ3v) is 5.45. The molecule has 1 rings (SSSR count). The Kier molecular flexibility index (Phi) is 6.75.